The Balaban J connectivity index is 1.61. The number of fused-ring (bicyclic) bond motifs is 2. The molecule has 0 radical (unpaired) electrons. The summed E-state index contributed by atoms with van der Waals surface area (Å²) in [5.74, 6) is 0. The van der Waals surface area contributed by atoms with Crippen molar-refractivity contribution in [1.29, 1.82) is 5.26 Å². The number of hydrogen-bond acceptors (Lipinski definition) is 4. The summed E-state index contributed by atoms with van der Waals surface area (Å²) in [6.45, 7) is 5.22. The zero-order chi connectivity index (χ0) is 13.5. The van der Waals surface area contributed by atoms with Crippen molar-refractivity contribution in [3.05, 3.63) is 0 Å². The summed E-state index contributed by atoms with van der Waals surface area (Å²) >= 11 is 0. The molecule has 1 aliphatic carbocycles. The zero-order valence-electron chi connectivity index (χ0n) is 12.2. The number of hydrogen-bond donors (Lipinski definition) is 1. The van der Waals surface area contributed by atoms with Crippen molar-refractivity contribution in [3.63, 3.8) is 0 Å². The number of nitrogens with zero attached hydrogens (tertiary/aromatic N) is 3. The van der Waals surface area contributed by atoms with Gasteiger partial charge in [-0.2, -0.15) is 5.26 Å². The molecule has 3 atom stereocenters. The maximum atomic E-state index is 9.50. The zero-order valence-corrected chi connectivity index (χ0v) is 12.2. The lowest BCUT2D eigenvalue weighted by Gasteiger charge is -2.32. The summed E-state index contributed by atoms with van der Waals surface area (Å²) in [5, 5.41) is 13.0. The molecule has 4 heteroatoms. The van der Waals surface area contributed by atoms with Crippen molar-refractivity contribution in [3.8, 4) is 6.07 Å². The lowest BCUT2D eigenvalue weighted by atomic mass is 10.0. The minimum absolute atomic E-state index is 0.372. The highest BCUT2D eigenvalue weighted by atomic mass is 15.3. The summed E-state index contributed by atoms with van der Waals surface area (Å²) in [6, 6.07) is 4.58. The summed E-state index contributed by atoms with van der Waals surface area (Å²) in [5.41, 5.74) is -0.372. The molecule has 0 amide bonds. The van der Waals surface area contributed by atoms with Crippen LogP contribution in [-0.4, -0.2) is 60.1 Å². The van der Waals surface area contributed by atoms with Crippen LogP contribution in [0.1, 0.15) is 39.0 Å². The van der Waals surface area contributed by atoms with E-state index < -0.39 is 0 Å². The molecule has 0 spiro atoms. The molecular formula is C15H26N4. The first-order chi connectivity index (χ1) is 9.09. The number of rotatable bonds is 4. The molecule has 3 rings (SSSR count). The van der Waals surface area contributed by atoms with Crippen LogP contribution < -0.4 is 5.32 Å². The standard InChI is InChI=1S/C15H26N4/c1-15(10-16,17-12-3-4-12)11-19-8-7-13-5-6-14(9-19)18(13)2/h12-14,17H,3-9,11H2,1-2H3. The van der Waals surface area contributed by atoms with Crippen LogP contribution in [0, 0.1) is 11.3 Å². The molecular weight excluding hydrogens is 236 g/mol. The van der Waals surface area contributed by atoms with Gasteiger partial charge in [0, 0.05) is 31.2 Å². The van der Waals surface area contributed by atoms with Gasteiger partial charge < -0.3 is 0 Å². The predicted octanol–water partition coefficient (Wildman–Crippen LogP) is 1.19. The van der Waals surface area contributed by atoms with Crippen molar-refractivity contribution >= 4 is 0 Å². The molecule has 3 fully saturated rings. The normalized spacial score (nSPS) is 35.6. The number of nitrogens with one attached hydrogen (secondary N) is 1. The van der Waals surface area contributed by atoms with Crippen LogP contribution >= 0.6 is 0 Å². The molecule has 3 aliphatic rings. The fourth-order valence-corrected chi connectivity index (χ4v) is 3.76. The molecule has 19 heavy (non-hydrogen) atoms. The maximum Gasteiger partial charge on any atom is 0.116 e. The first-order valence-electron chi connectivity index (χ1n) is 7.73. The van der Waals surface area contributed by atoms with E-state index in [1.807, 2.05) is 0 Å². The fraction of sp³-hybridized carbons (Fsp3) is 0.933. The second-order valence-electron chi connectivity index (χ2n) is 6.94. The van der Waals surface area contributed by atoms with Gasteiger partial charge in [0.05, 0.1) is 6.07 Å². The first kappa shape index (κ1) is 13.4. The van der Waals surface area contributed by atoms with E-state index in [1.54, 1.807) is 0 Å². The van der Waals surface area contributed by atoms with E-state index in [2.05, 4.69) is 35.2 Å². The molecule has 4 nitrogen and oxygen atoms in total. The molecule has 1 saturated carbocycles. The molecule has 2 saturated heterocycles. The smallest absolute Gasteiger partial charge is 0.116 e. The van der Waals surface area contributed by atoms with Gasteiger partial charge in [0.15, 0.2) is 0 Å². The van der Waals surface area contributed by atoms with Crippen molar-refractivity contribution in [1.82, 2.24) is 15.1 Å². The average Bonchev–Trinajstić information content (AvgIpc) is 3.11. The Hall–Kier alpha value is -0.630. The van der Waals surface area contributed by atoms with Crippen LogP contribution in [0.5, 0.6) is 0 Å². The van der Waals surface area contributed by atoms with Gasteiger partial charge in [-0.1, -0.05) is 0 Å². The Bertz CT molecular complexity index is 373. The van der Waals surface area contributed by atoms with Crippen LogP contribution in [0.25, 0.3) is 0 Å². The Kier molecular flexibility index (Phi) is 3.55. The maximum absolute atomic E-state index is 9.50. The Labute approximate surface area is 116 Å². The van der Waals surface area contributed by atoms with Crippen molar-refractivity contribution in [2.24, 2.45) is 0 Å². The predicted molar refractivity (Wildman–Crippen MR) is 75.8 cm³/mol. The summed E-state index contributed by atoms with van der Waals surface area (Å²) < 4.78 is 0. The third-order valence-electron chi connectivity index (χ3n) is 5.12. The molecule has 0 aromatic heterocycles. The van der Waals surface area contributed by atoms with Gasteiger partial charge in [-0.25, -0.2) is 0 Å². The molecule has 1 N–H and O–H groups in total. The molecule has 2 heterocycles. The van der Waals surface area contributed by atoms with Gasteiger partial charge in [0.25, 0.3) is 0 Å². The fourth-order valence-electron chi connectivity index (χ4n) is 3.76. The number of likely N-dealkylation sites (N-methyl/N-ethyl adjacent to an activating group) is 1. The van der Waals surface area contributed by atoms with Gasteiger partial charge in [-0.15, -0.1) is 0 Å². The monoisotopic (exact) mass is 262 g/mol. The van der Waals surface area contributed by atoms with Gasteiger partial charge >= 0.3 is 0 Å². The minimum Gasteiger partial charge on any atom is -0.299 e. The van der Waals surface area contributed by atoms with E-state index >= 15 is 0 Å². The van der Waals surface area contributed by atoms with E-state index in [4.69, 9.17) is 0 Å². The second-order valence-corrected chi connectivity index (χ2v) is 6.94. The van der Waals surface area contributed by atoms with Crippen LogP contribution in [0.2, 0.25) is 0 Å². The van der Waals surface area contributed by atoms with Crippen molar-refractivity contribution in [2.45, 2.75) is 62.7 Å². The van der Waals surface area contributed by atoms with E-state index in [0.717, 1.165) is 25.7 Å². The van der Waals surface area contributed by atoms with Gasteiger partial charge in [0.1, 0.15) is 5.54 Å². The highest BCUT2D eigenvalue weighted by molar-refractivity contribution is 5.09. The number of likely N-dealkylation sites (tertiary alicyclic amines) is 1. The minimum atomic E-state index is -0.372. The molecule has 2 bridgehead atoms. The van der Waals surface area contributed by atoms with Crippen LogP contribution in [0.15, 0.2) is 0 Å². The lowest BCUT2D eigenvalue weighted by Crippen LogP contribution is -2.52. The van der Waals surface area contributed by atoms with E-state index in [9.17, 15) is 5.26 Å². The third-order valence-corrected chi connectivity index (χ3v) is 5.12. The Morgan fingerprint density at radius 2 is 1.95 bits per heavy atom. The Morgan fingerprint density at radius 1 is 1.21 bits per heavy atom. The lowest BCUT2D eigenvalue weighted by molar-refractivity contribution is 0.191. The Morgan fingerprint density at radius 3 is 2.63 bits per heavy atom. The van der Waals surface area contributed by atoms with E-state index in [1.165, 1.54) is 32.1 Å². The molecule has 2 aliphatic heterocycles. The van der Waals surface area contributed by atoms with Gasteiger partial charge in [-0.3, -0.25) is 15.1 Å². The van der Waals surface area contributed by atoms with Crippen LogP contribution in [0.3, 0.4) is 0 Å². The van der Waals surface area contributed by atoms with E-state index in [-0.39, 0.29) is 5.54 Å². The summed E-state index contributed by atoms with van der Waals surface area (Å²) in [7, 11) is 2.28. The molecule has 3 unspecified atom stereocenters. The van der Waals surface area contributed by atoms with Crippen LogP contribution in [0.4, 0.5) is 0 Å². The summed E-state index contributed by atoms with van der Waals surface area (Å²) in [4.78, 5) is 5.08. The molecule has 106 valence electrons. The number of nitriles is 1. The summed E-state index contributed by atoms with van der Waals surface area (Å²) in [6.07, 6.45) is 6.44. The van der Waals surface area contributed by atoms with Crippen LogP contribution in [-0.2, 0) is 0 Å². The average molecular weight is 262 g/mol. The van der Waals surface area contributed by atoms with E-state index in [0.29, 0.717) is 12.1 Å². The molecule has 0 aromatic carbocycles. The largest absolute Gasteiger partial charge is 0.299 e. The topological polar surface area (TPSA) is 42.3 Å². The quantitative estimate of drug-likeness (QED) is 0.826. The van der Waals surface area contributed by atoms with Gasteiger partial charge in [0.2, 0.25) is 0 Å². The van der Waals surface area contributed by atoms with Crippen molar-refractivity contribution < 1.29 is 0 Å². The first-order valence-corrected chi connectivity index (χ1v) is 7.73. The highest BCUT2D eigenvalue weighted by Crippen LogP contribution is 2.29. The third kappa shape index (κ3) is 2.94. The highest BCUT2D eigenvalue weighted by Gasteiger charge is 2.38. The second kappa shape index (κ2) is 5.05. The van der Waals surface area contributed by atoms with Gasteiger partial charge in [-0.05, 0) is 52.6 Å². The van der Waals surface area contributed by atoms with Crippen molar-refractivity contribution in [2.75, 3.05) is 26.7 Å². The SMILES string of the molecule is CN1C2CCC1CN(CC(C)(C#N)NC1CC1)CC2. The molecule has 0 aromatic rings.